The Bertz CT molecular complexity index is 707. The molecule has 0 fully saturated rings. The molecule has 8 nitrogen and oxygen atoms in total. The van der Waals surface area contributed by atoms with Crippen LogP contribution in [0.2, 0.25) is 0 Å². The van der Waals surface area contributed by atoms with Gasteiger partial charge in [0.1, 0.15) is 6.10 Å². The SMILES string of the molecule is O=C(C[C@H]1CC=CCCC(=O)O[C@H](c2ccccc2)CNC1=O)NCCOCCO. The van der Waals surface area contributed by atoms with Crippen LogP contribution in [0, 0.1) is 5.92 Å². The van der Waals surface area contributed by atoms with Crippen LogP contribution in [-0.2, 0) is 23.9 Å². The summed E-state index contributed by atoms with van der Waals surface area (Å²) in [4.78, 5) is 37.0. The first-order valence-corrected chi connectivity index (χ1v) is 10.2. The molecule has 164 valence electrons. The standard InChI is InChI=1S/C22H30N2O6/c25-12-14-29-13-11-23-20(26)15-18-9-5-2-6-10-21(27)30-19(16-24-22(18)28)17-7-3-1-4-8-17/h1-5,7-8,18-19,25H,6,9-16H2,(H,23,26)(H,24,28)/t18-,19+/m1/s1. The predicted molar refractivity (Wildman–Crippen MR) is 110 cm³/mol. The lowest BCUT2D eigenvalue weighted by Crippen LogP contribution is -2.38. The van der Waals surface area contributed by atoms with Crippen molar-refractivity contribution in [1.82, 2.24) is 10.6 Å². The van der Waals surface area contributed by atoms with Crippen LogP contribution in [-0.4, -0.2) is 55.8 Å². The Kier molecular flexibility index (Phi) is 10.6. The highest BCUT2D eigenvalue weighted by molar-refractivity contribution is 5.86. The van der Waals surface area contributed by atoms with E-state index in [4.69, 9.17) is 14.6 Å². The topological polar surface area (TPSA) is 114 Å². The van der Waals surface area contributed by atoms with E-state index in [1.807, 2.05) is 42.5 Å². The highest BCUT2D eigenvalue weighted by Gasteiger charge is 2.24. The van der Waals surface area contributed by atoms with Crippen molar-refractivity contribution in [2.45, 2.75) is 31.8 Å². The zero-order valence-corrected chi connectivity index (χ0v) is 17.0. The number of nitrogens with one attached hydrogen (secondary N) is 2. The zero-order valence-electron chi connectivity index (χ0n) is 17.0. The molecule has 0 spiro atoms. The van der Waals surface area contributed by atoms with E-state index in [9.17, 15) is 14.4 Å². The second-order valence-electron chi connectivity index (χ2n) is 6.97. The van der Waals surface area contributed by atoms with Gasteiger partial charge in [-0.25, -0.2) is 0 Å². The van der Waals surface area contributed by atoms with Gasteiger partial charge in [0.05, 0.1) is 32.3 Å². The molecule has 2 amide bonds. The molecular weight excluding hydrogens is 388 g/mol. The number of benzene rings is 1. The molecule has 0 aromatic heterocycles. The number of hydrogen-bond donors (Lipinski definition) is 3. The highest BCUT2D eigenvalue weighted by atomic mass is 16.5. The summed E-state index contributed by atoms with van der Waals surface area (Å²) in [5.74, 6) is -1.34. The van der Waals surface area contributed by atoms with Gasteiger partial charge in [-0.2, -0.15) is 0 Å². The van der Waals surface area contributed by atoms with Crippen LogP contribution in [0.1, 0.15) is 37.4 Å². The molecule has 2 atom stereocenters. The minimum Gasteiger partial charge on any atom is -0.456 e. The number of rotatable bonds is 8. The summed E-state index contributed by atoms with van der Waals surface area (Å²) >= 11 is 0. The number of ether oxygens (including phenoxy) is 2. The fourth-order valence-electron chi connectivity index (χ4n) is 3.04. The lowest BCUT2D eigenvalue weighted by atomic mass is 9.98. The van der Waals surface area contributed by atoms with Gasteiger partial charge in [0.2, 0.25) is 11.8 Å². The first-order valence-electron chi connectivity index (χ1n) is 10.2. The summed E-state index contributed by atoms with van der Waals surface area (Å²) < 4.78 is 10.7. The maximum atomic E-state index is 12.7. The van der Waals surface area contributed by atoms with E-state index < -0.39 is 12.0 Å². The molecule has 3 N–H and O–H groups in total. The smallest absolute Gasteiger partial charge is 0.306 e. The average Bonchev–Trinajstić information content (AvgIpc) is 2.75. The summed E-state index contributed by atoms with van der Waals surface area (Å²) in [5.41, 5.74) is 0.802. The quantitative estimate of drug-likeness (QED) is 0.333. The molecule has 0 saturated carbocycles. The number of esters is 1. The van der Waals surface area contributed by atoms with Crippen molar-refractivity contribution in [3.63, 3.8) is 0 Å². The third-order valence-corrected chi connectivity index (χ3v) is 4.62. The molecule has 0 unspecified atom stereocenters. The summed E-state index contributed by atoms with van der Waals surface area (Å²) in [7, 11) is 0. The van der Waals surface area contributed by atoms with E-state index in [-0.39, 0.29) is 50.4 Å². The second-order valence-corrected chi connectivity index (χ2v) is 6.97. The third kappa shape index (κ3) is 8.75. The van der Waals surface area contributed by atoms with Crippen LogP contribution in [0.3, 0.4) is 0 Å². The van der Waals surface area contributed by atoms with Crippen LogP contribution in [0.5, 0.6) is 0 Å². The molecule has 0 bridgehead atoms. The Morgan fingerprint density at radius 2 is 2.00 bits per heavy atom. The first-order chi connectivity index (χ1) is 14.6. The Morgan fingerprint density at radius 1 is 1.20 bits per heavy atom. The van der Waals surface area contributed by atoms with Crippen molar-refractivity contribution < 1.29 is 29.0 Å². The Balaban J connectivity index is 1.97. The molecule has 1 aromatic carbocycles. The van der Waals surface area contributed by atoms with Crippen LogP contribution >= 0.6 is 0 Å². The summed E-state index contributed by atoms with van der Waals surface area (Å²) in [6, 6.07) is 9.26. The number of carbonyl (C=O) groups is 3. The van der Waals surface area contributed by atoms with Gasteiger partial charge in [-0.1, -0.05) is 42.5 Å². The number of hydrogen-bond acceptors (Lipinski definition) is 6. The molecule has 0 aliphatic carbocycles. The van der Waals surface area contributed by atoms with Crippen molar-refractivity contribution in [2.24, 2.45) is 5.92 Å². The van der Waals surface area contributed by atoms with E-state index in [2.05, 4.69) is 10.6 Å². The van der Waals surface area contributed by atoms with Gasteiger partial charge in [0.15, 0.2) is 0 Å². The molecular formula is C22H30N2O6. The number of aliphatic hydroxyl groups is 1. The van der Waals surface area contributed by atoms with Gasteiger partial charge in [-0.05, 0) is 18.4 Å². The maximum absolute atomic E-state index is 12.7. The van der Waals surface area contributed by atoms with Crippen molar-refractivity contribution in [1.29, 1.82) is 0 Å². The van der Waals surface area contributed by atoms with E-state index >= 15 is 0 Å². The third-order valence-electron chi connectivity index (χ3n) is 4.62. The summed E-state index contributed by atoms with van der Waals surface area (Å²) in [6.45, 7) is 0.911. The fourth-order valence-corrected chi connectivity index (χ4v) is 3.04. The fraction of sp³-hybridized carbons (Fsp3) is 0.500. The van der Waals surface area contributed by atoms with Crippen molar-refractivity contribution in [2.75, 3.05) is 32.9 Å². The van der Waals surface area contributed by atoms with Crippen LogP contribution < -0.4 is 10.6 Å². The lowest BCUT2D eigenvalue weighted by molar-refractivity contribution is -0.150. The van der Waals surface area contributed by atoms with E-state index in [0.717, 1.165) is 5.56 Å². The van der Waals surface area contributed by atoms with Gasteiger partial charge < -0.3 is 25.2 Å². The minimum atomic E-state index is -0.579. The van der Waals surface area contributed by atoms with Crippen molar-refractivity contribution in [3.05, 3.63) is 48.0 Å². The number of aliphatic hydroxyl groups excluding tert-OH is 1. The van der Waals surface area contributed by atoms with Crippen molar-refractivity contribution in [3.8, 4) is 0 Å². The van der Waals surface area contributed by atoms with E-state index in [1.54, 1.807) is 0 Å². The Morgan fingerprint density at radius 3 is 2.77 bits per heavy atom. The summed E-state index contributed by atoms with van der Waals surface area (Å²) in [6.07, 6.45) is 4.31. The molecule has 1 aliphatic heterocycles. The molecule has 0 radical (unpaired) electrons. The van der Waals surface area contributed by atoms with E-state index in [1.165, 1.54) is 0 Å². The van der Waals surface area contributed by atoms with Crippen LogP contribution in [0.15, 0.2) is 42.5 Å². The average molecular weight is 418 g/mol. The molecule has 8 heteroatoms. The molecule has 1 aliphatic rings. The Labute approximate surface area is 176 Å². The van der Waals surface area contributed by atoms with Crippen molar-refractivity contribution >= 4 is 17.8 Å². The normalized spacial score (nSPS) is 20.4. The van der Waals surface area contributed by atoms with Gasteiger partial charge >= 0.3 is 5.97 Å². The number of carbonyl (C=O) groups excluding carboxylic acids is 3. The molecule has 1 aromatic rings. The molecule has 30 heavy (non-hydrogen) atoms. The minimum absolute atomic E-state index is 0.0476. The van der Waals surface area contributed by atoms with Crippen LogP contribution in [0.4, 0.5) is 0 Å². The monoisotopic (exact) mass is 418 g/mol. The van der Waals surface area contributed by atoms with Crippen LogP contribution in [0.25, 0.3) is 0 Å². The lowest BCUT2D eigenvalue weighted by Gasteiger charge is -2.21. The summed E-state index contributed by atoms with van der Waals surface area (Å²) in [5, 5.41) is 14.2. The maximum Gasteiger partial charge on any atom is 0.306 e. The molecule has 0 saturated heterocycles. The number of allylic oxidation sites excluding steroid dienone is 2. The highest BCUT2D eigenvalue weighted by Crippen LogP contribution is 2.19. The van der Waals surface area contributed by atoms with Gasteiger partial charge in [0.25, 0.3) is 0 Å². The van der Waals surface area contributed by atoms with Gasteiger partial charge in [0, 0.05) is 19.4 Å². The van der Waals surface area contributed by atoms with E-state index in [0.29, 0.717) is 26.0 Å². The predicted octanol–water partition coefficient (Wildman–Crippen LogP) is 1.26. The first kappa shape index (κ1) is 23.6. The number of amides is 2. The largest absolute Gasteiger partial charge is 0.456 e. The van der Waals surface area contributed by atoms with Gasteiger partial charge in [-0.3, -0.25) is 14.4 Å². The van der Waals surface area contributed by atoms with Gasteiger partial charge in [-0.15, -0.1) is 0 Å². The Hall–Kier alpha value is -2.71. The second kappa shape index (κ2) is 13.5. The molecule has 2 rings (SSSR count). The number of cyclic esters (lactones) is 1. The zero-order chi connectivity index (χ0) is 21.6. The molecule has 1 heterocycles.